The molecule has 0 radical (unpaired) electrons. The molecule has 0 saturated carbocycles. The van der Waals surface area contributed by atoms with Gasteiger partial charge in [0.05, 0.1) is 5.75 Å². The van der Waals surface area contributed by atoms with Crippen LogP contribution in [0.15, 0.2) is 24.3 Å². The van der Waals surface area contributed by atoms with Crippen LogP contribution >= 0.6 is 0 Å². The molecule has 4 nitrogen and oxygen atoms in total. The number of rotatable bonds is 7. The van der Waals surface area contributed by atoms with E-state index in [9.17, 15) is 8.42 Å². The fraction of sp³-hybridized carbons (Fsp3) is 0.600. The number of hydrogen-bond donors (Lipinski definition) is 1. The Labute approximate surface area is 123 Å². The monoisotopic (exact) mass is 298 g/mol. The highest BCUT2D eigenvalue weighted by Gasteiger charge is 2.24. The zero-order valence-corrected chi connectivity index (χ0v) is 13.7. The molecule has 0 unspecified atom stereocenters. The highest BCUT2D eigenvalue weighted by Crippen LogP contribution is 2.16. The molecule has 0 aliphatic rings. The van der Waals surface area contributed by atoms with Crippen LogP contribution in [0.2, 0.25) is 0 Å². The molecule has 1 aromatic rings. The molecule has 0 saturated heterocycles. The summed E-state index contributed by atoms with van der Waals surface area (Å²) in [7, 11) is -3.30. The summed E-state index contributed by atoms with van der Waals surface area (Å²) < 4.78 is 26.7. The van der Waals surface area contributed by atoms with E-state index in [1.54, 1.807) is 28.6 Å². The Morgan fingerprint density at radius 3 is 2.10 bits per heavy atom. The maximum absolute atomic E-state index is 12.6. The molecular formula is C15H26N2O2S. The molecule has 1 aromatic carbocycles. The Bertz CT molecular complexity index is 514. The SMILES string of the molecule is CC(C)CN(CC(C)C)S(=O)(=O)Cc1cccc(N)c1. The second-order valence-electron chi connectivity index (χ2n) is 6.11. The first kappa shape index (κ1) is 17.0. The molecule has 0 aliphatic carbocycles. The predicted molar refractivity (Wildman–Crippen MR) is 84.7 cm³/mol. The molecule has 0 bridgehead atoms. The zero-order valence-electron chi connectivity index (χ0n) is 12.8. The fourth-order valence-electron chi connectivity index (χ4n) is 2.10. The third-order valence-corrected chi connectivity index (χ3v) is 4.61. The minimum Gasteiger partial charge on any atom is -0.399 e. The first-order chi connectivity index (χ1) is 9.20. The van der Waals surface area contributed by atoms with Gasteiger partial charge in [0.15, 0.2) is 0 Å². The largest absolute Gasteiger partial charge is 0.399 e. The summed E-state index contributed by atoms with van der Waals surface area (Å²) >= 11 is 0. The van der Waals surface area contributed by atoms with Crippen molar-refractivity contribution >= 4 is 15.7 Å². The van der Waals surface area contributed by atoms with E-state index in [-0.39, 0.29) is 5.75 Å². The Kier molecular flexibility index (Phi) is 6.02. The highest BCUT2D eigenvalue weighted by atomic mass is 32.2. The second kappa shape index (κ2) is 7.09. The van der Waals surface area contributed by atoms with Gasteiger partial charge in [0.1, 0.15) is 0 Å². The summed E-state index contributed by atoms with van der Waals surface area (Å²) in [6.07, 6.45) is 0. The lowest BCUT2D eigenvalue weighted by molar-refractivity contribution is 0.333. The first-order valence-electron chi connectivity index (χ1n) is 7.03. The Balaban J connectivity index is 2.92. The van der Waals surface area contributed by atoms with Gasteiger partial charge in [0.2, 0.25) is 10.0 Å². The molecule has 0 aliphatic heterocycles. The minimum absolute atomic E-state index is 0.0114. The molecule has 0 spiro atoms. The van der Waals surface area contributed by atoms with Crippen LogP contribution in [0.4, 0.5) is 5.69 Å². The predicted octanol–water partition coefficient (Wildman–Crippen LogP) is 2.71. The summed E-state index contributed by atoms with van der Waals surface area (Å²) in [6, 6.07) is 7.07. The Hall–Kier alpha value is -1.07. The molecule has 0 atom stereocenters. The van der Waals surface area contributed by atoms with E-state index >= 15 is 0 Å². The molecular weight excluding hydrogens is 272 g/mol. The van der Waals surface area contributed by atoms with Crippen molar-refractivity contribution in [3.05, 3.63) is 29.8 Å². The van der Waals surface area contributed by atoms with Gasteiger partial charge in [0.25, 0.3) is 0 Å². The first-order valence-corrected chi connectivity index (χ1v) is 8.64. The molecule has 0 amide bonds. The minimum atomic E-state index is -3.30. The average Bonchev–Trinajstić information content (AvgIpc) is 2.26. The maximum Gasteiger partial charge on any atom is 0.218 e. The molecule has 0 heterocycles. The van der Waals surface area contributed by atoms with E-state index in [4.69, 9.17) is 5.73 Å². The number of nitrogens with two attached hydrogens (primary N) is 1. The third kappa shape index (κ3) is 5.51. The quantitative estimate of drug-likeness (QED) is 0.787. The summed E-state index contributed by atoms with van der Waals surface area (Å²) in [5.41, 5.74) is 7.04. The summed E-state index contributed by atoms with van der Waals surface area (Å²) in [6.45, 7) is 9.24. The van der Waals surface area contributed by atoms with Gasteiger partial charge in [-0.3, -0.25) is 0 Å². The van der Waals surface area contributed by atoms with Gasteiger partial charge in [-0.2, -0.15) is 0 Å². The fourth-order valence-corrected chi connectivity index (χ4v) is 3.93. The van der Waals surface area contributed by atoms with Gasteiger partial charge < -0.3 is 5.73 Å². The lowest BCUT2D eigenvalue weighted by Crippen LogP contribution is -2.37. The van der Waals surface area contributed by atoms with Crippen molar-refractivity contribution < 1.29 is 8.42 Å². The van der Waals surface area contributed by atoms with Crippen LogP contribution in [-0.4, -0.2) is 25.8 Å². The lowest BCUT2D eigenvalue weighted by Gasteiger charge is -2.25. The normalized spacial score (nSPS) is 12.6. The van der Waals surface area contributed by atoms with Crippen LogP contribution in [0.5, 0.6) is 0 Å². The zero-order chi connectivity index (χ0) is 15.3. The number of anilines is 1. The number of benzene rings is 1. The number of nitrogens with zero attached hydrogens (tertiary/aromatic N) is 1. The summed E-state index contributed by atoms with van der Waals surface area (Å²) in [5.74, 6) is 0.631. The van der Waals surface area contributed by atoms with Crippen molar-refractivity contribution in [1.29, 1.82) is 0 Å². The topological polar surface area (TPSA) is 63.4 Å². The van der Waals surface area contributed by atoms with E-state index in [1.165, 1.54) is 0 Å². The maximum atomic E-state index is 12.6. The average molecular weight is 298 g/mol. The Morgan fingerprint density at radius 2 is 1.65 bits per heavy atom. The van der Waals surface area contributed by atoms with Crippen LogP contribution in [0.1, 0.15) is 33.3 Å². The molecule has 1 rings (SSSR count). The molecule has 114 valence electrons. The third-order valence-electron chi connectivity index (χ3n) is 2.83. The number of nitrogen functional groups attached to an aromatic ring is 1. The van der Waals surface area contributed by atoms with E-state index < -0.39 is 10.0 Å². The summed E-state index contributed by atoms with van der Waals surface area (Å²) in [4.78, 5) is 0. The van der Waals surface area contributed by atoms with Crippen molar-refractivity contribution in [3.63, 3.8) is 0 Å². The molecule has 0 aromatic heterocycles. The highest BCUT2D eigenvalue weighted by molar-refractivity contribution is 7.88. The number of sulfonamides is 1. The van der Waals surface area contributed by atoms with Crippen LogP contribution in [-0.2, 0) is 15.8 Å². The van der Waals surface area contributed by atoms with E-state index in [2.05, 4.69) is 0 Å². The van der Waals surface area contributed by atoms with Crippen molar-refractivity contribution in [2.75, 3.05) is 18.8 Å². The van der Waals surface area contributed by atoms with Crippen LogP contribution in [0.3, 0.4) is 0 Å². The van der Waals surface area contributed by atoms with Gasteiger partial charge in [-0.25, -0.2) is 12.7 Å². The Morgan fingerprint density at radius 1 is 1.10 bits per heavy atom. The molecule has 0 fully saturated rings. The second-order valence-corrected chi connectivity index (χ2v) is 8.07. The van der Waals surface area contributed by atoms with E-state index in [0.717, 1.165) is 5.56 Å². The molecule has 5 heteroatoms. The number of hydrogen-bond acceptors (Lipinski definition) is 3. The van der Waals surface area contributed by atoms with E-state index in [0.29, 0.717) is 30.6 Å². The standard InChI is InChI=1S/C15H26N2O2S/c1-12(2)9-17(10-13(3)4)20(18,19)11-14-6-5-7-15(16)8-14/h5-8,12-13H,9-11,16H2,1-4H3. The summed E-state index contributed by atoms with van der Waals surface area (Å²) in [5, 5.41) is 0. The van der Waals surface area contributed by atoms with Gasteiger partial charge in [-0.15, -0.1) is 0 Å². The smallest absolute Gasteiger partial charge is 0.218 e. The van der Waals surface area contributed by atoms with Crippen LogP contribution in [0.25, 0.3) is 0 Å². The van der Waals surface area contributed by atoms with Crippen LogP contribution < -0.4 is 5.73 Å². The van der Waals surface area contributed by atoms with Crippen molar-refractivity contribution in [3.8, 4) is 0 Å². The van der Waals surface area contributed by atoms with E-state index in [1.807, 2.05) is 27.7 Å². The molecule has 2 N–H and O–H groups in total. The van der Waals surface area contributed by atoms with Crippen molar-refractivity contribution in [1.82, 2.24) is 4.31 Å². The van der Waals surface area contributed by atoms with Gasteiger partial charge in [-0.05, 0) is 29.5 Å². The van der Waals surface area contributed by atoms with Gasteiger partial charge in [0, 0.05) is 18.8 Å². The molecule has 20 heavy (non-hydrogen) atoms. The van der Waals surface area contributed by atoms with Gasteiger partial charge in [-0.1, -0.05) is 39.8 Å². The lowest BCUT2D eigenvalue weighted by atomic mass is 10.2. The van der Waals surface area contributed by atoms with Crippen molar-refractivity contribution in [2.24, 2.45) is 11.8 Å². The van der Waals surface area contributed by atoms with Crippen LogP contribution in [0, 0.1) is 11.8 Å². The van der Waals surface area contributed by atoms with Crippen molar-refractivity contribution in [2.45, 2.75) is 33.4 Å². The van der Waals surface area contributed by atoms with Gasteiger partial charge >= 0.3 is 0 Å².